The average Bonchev–Trinajstić information content (AvgIpc) is 2.69. The van der Waals surface area contributed by atoms with Gasteiger partial charge in [0, 0.05) is 24.9 Å². The molecule has 6 nitrogen and oxygen atoms in total. The molecular weight excluding hydrogens is 349 g/mol. The molecule has 0 fully saturated rings. The summed E-state index contributed by atoms with van der Waals surface area (Å²) in [5.74, 6) is -1.31. The van der Waals surface area contributed by atoms with Crippen molar-refractivity contribution in [3.05, 3.63) is 94.3 Å². The second-order valence-corrected chi connectivity index (χ2v) is 5.79. The zero-order valence-corrected chi connectivity index (χ0v) is 14.4. The maximum atomic E-state index is 14.0. The Morgan fingerprint density at radius 3 is 2.41 bits per heavy atom. The van der Waals surface area contributed by atoms with E-state index in [2.05, 4.69) is 5.32 Å². The number of hydrogen-bond acceptors (Lipinski definition) is 4. The van der Waals surface area contributed by atoms with E-state index in [0.29, 0.717) is 11.3 Å². The molecule has 0 saturated heterocycles. The quantitative estimate of drug-likeness (QED) is 0.523. The van der Waals surface area contributed by atoms with E-state index in [9.17, 15) is 19.3 Å². The molecule has 0 saturated carbocycles. The Kier molecular flexibility index (Phi) is 5.12. The van der Waals surface area contributed by atoms with Gasteiger partial charge in [0.2, 0.25) is 0 Å². The molecule has 0 atom stereocenters. The number of para-hydroxylation sites is 2. The third kappa shape index (κ3) is 3.92. The molecule has 0 aliphatic rings. The molecule has 0 aromatic heterocycles. The van der Waals surface area contributed by atoms with Crippen molar-refractivity contribution in [1.29, 1.82) is 0 Å². The first kappa shape index (κ1) is 18.1. The summed E-state index contributed by atoms with van der Waals surface area (Å²) in [7, 11) is 1.81. The van der Waals surface area contributed by atoms with E-state index in [0.717, 1.165) is 23.9 Å². The number of non-ortho nitro benzene ring substituents is 1. The van der Waals surface area contributed by atoms with Crippen LogP contribution in [0.4, 0.5) is 27.1 Å². The van der Waals surface area contributed by atoms with E-state index in [1.807, 2.05) is 42.3 Å². The van der Waals surface area contributed by atoms with Gasteiger partial charge in [-0.05, 0) is 30.3 Å². The molecule has 0 radical (unpaired) electrons. The predicted molar refractivity (Wildman–Crippen MR) is 102 cm³/mol. The summed E-state index contributed by atoms with van der Waals surface area (Å²) < 4.78 is 14.0. The van der Waals surface area contributed by atoms with Crippen LogP contribution in [0, 0.1) is 15.9 Å². The van der Waals surface area contributed by atoms with Gasteiger partial charge in [0.05, 0.1) is 21.9 Å². The molecule has 3 rings (SSSR count). The van der Waals surface area contributed by atoms with Crippen molar-refractivity contribution in [2.24, 2.45) is 0 Å². The lowest BCUT2D eigenvalue weighted by Crippen LogP contribution is -2.19. The van der Waals surface area contributed by atoms with Crippen LogP contribution in [-0.2, 0) is 0 Å². The first-order chi connectivity index (χ1) is 13.0. The predicted octanol–water partition coefficient (Wildman–Crippen LogP) is 4.75. The second-order valence-electron chi connectivity index (χ2n) is 5.79. The fourth-order valence-corrected chi connectivity index (χ4v) is 2.66. The van der Waals surface area contributed by atoms with Crippen LogP contribution in [0.2, 0.25) is 0 Å². The monoisotopic (exact) mass is 365 g/mol. The molecule has 3 aromatic carbocycles. The molecule has 0 aliphatic heterocycles. The number of halogens is 1. The lowest BCUT2D eigenvalue weighted by molar-refractivity contribution is -0.384. The number of carbonyl (C=O) groups is 1. The highest BCUT2D eigenvalue weighted by molar-refractivity contribution is 6.08. The summed E-state index contributed by atoms with van der Waals surface area (Å²) in [6, 6.07) is 19.3. The first-order valence-corrected chi connectivity index (χ1v) is 8.10. The van der Waals surface area contributed by atoms with Gasteiger partial charge in [0.15, 0.2) is 0 Å². The fourth-order valence-electron chi connectivity index (χ4n) is 2.66. The van der Waals surface area contributed by atoms with Crippen LogP contribution in [-0.4, -0.2) is 17.9 Å². The van der Waals surface area contributed by atoms with Gasteiger partial charge < -0.3 is 10.2 Å². The lowest BCUT2D eigenvalue weighted by atomic mass is 10.1. The average molecular weight is 365 g/mol. The Morgan fingerprint density at radius 2 is 1.70 bits per heavy atom. The van der Waals surface area contributed by atoms with Gasteiger partial charge in [-0.3, -0.25) is 14.9 Å². The van der Waals surface area contributed by atoms with Crippen LogP contribution in [0.25, 0.3) is 0 Å². The maximum absolute atomic E-state index is 14.0. The van der Waals surface area contributed by atoms with Crippen LogP contribution in [0.1, 0.15) is 10.4 Å². The maximum Gasteiger partial charge on any atom is 0.271 e. The number of anilines is 3. The third-order valence-electron chi connectivity index (χ3n) is 4.06. The molecule has 136 valence electrons. The fraction of sp³-hybridized carbons (Fsp3) is 0.0500. The number of nitro benzene ring substituents is 1. The SMILES string of the molecule is CN(c1ccccc1)c1ccccc1C(=O)Nc1cc([N+](=O)[O-])ccc1F. The minimum atomic E-state index is -0.747. The third-order valence-corrected chi connectivity index (χ3v) is 4.06. The number of nitrogens with one attached hydrogen (secondary N) is 1. The van der Waals surface area contributed by atoms with E-state index in [-0.39, 0.29) is 11.4 Å². The Balaban J connectivity index is 1.93. The number of benzene rings is 3. The largest absolute Gasteiger partial charge is 0.344 e. The van der Waals surface area contributed by atoms with Crippen LogP contribution < -0.4 is 10.2 Å². The van der Waals surface area contributed by atoms with E-state index in [1.54, 1.807) is 24.3 Å². The number of hydrogen-bond donors (Lipinski definition) is 1. The van der Waals surface area contributed by atoms with E-state index in [4.69, 9.17) is 0 Å². The van der Waals surface area contributed by atoms with Crippen LogP contribution >= 0.6 is 0 Å². The second kappa shape index (κ2) is 7.65. The number of rotatable bonds is 5. The molecule has 7 heteroatoms. The first-order valence-electron chi connectivity index (χ1n) is 8.10. The number of carbonyl (C=O) groups excluding carboxylic acids is 1. The lowest BCUT2D eigenvalue weighted by Gasteiger charge is -2.22. The number of amides is 1. The summed E-state index contributed by atoms with van der Waals surface area (Å²) in [5, 5.41) is 13.3. The van der Waals surface area contributed by atoms with Gasteiger partial charge in [-0.1, -0.05) is 30.3 Å². The normalized spacial score (nSPS) is 10.3. The van der Waals surface area contributed by atoms with Gasteiger partial charge in [0.25, 0.3) is 11.6 Å². The van der Waals surface area contributed by atoms with Crippen molar-refractivity contribution in [2.75, 3.05) is 17.3 Å². The van der Waals surface area contributed by atoms with Gasteiger partial charge in [-0.2, -0.15) is 0 Å². The summed E-state index contributed by atoms with van der Waals surface area (Å²) in [5.41, 5.74) is 1.26. The van der Waals surface area contributed by atoms with E-state index in [1.165, 1.54) is 0 Å². The van der Waals surface area contributed by atoms with Crippen molar-refractivity contribution in [3.63, 3.8) is 0 Å². The Bertz CT molecular complexity index is 993. The Morgan fingerprint density at radius 1 is 1.04 bits per heavy atom. The van der Waals surface area contributed by atoms with Crippen LogP contribution in [0.15, 0.2) is 72.8 Å². The summed E-state index contributed by atoms with van der Waals surface area (Å²) in [6.07, 6.45) is 0. The molecule has 3 aromatic rings. The Hall–Kier alpha value is -3.74. The molecule has 0 bridgehead atoms. The van der Waals surface area contributed by atoms with Gasteiger partial charge in [0.1, 0.15) is 5.82 Å². The molecule has 0 heterocycles. The van der Waals surface area contributed by atoms with E-state index < -0.39 is 16.6 Å². The molecule has 0 spiro atoms. The molecule has 1 N–H and O–H groups in total. The van der Waals surface area contributed by atoms with Crippen molar-refractivity contribution < 1.29 is 14.1 Å². The summed E-state index contributed by atoms with van der Waals surface area (Å²) >= 11 is 0. The highest BCUT2D eigenvalue weighted by atomic mass is 19.1. The molecular formula is C20H16FN3O3. The topological polar surface area (TPSA) is 75.5 Å². The van der Waals surface area contributed by atoms with Gasteiger partial charge in [-0.15, -0.1) is 0 Å². The smallest absolute Gasteiger partial charge is 0.271 e. The van der Waals surface area contributed by atoms with E-state index >= 15 is 0 Å². The molecule has 0 unspecified atom stereocenters. The summed E-state index contributed by atoms with van der Waals surface area (Å²) in [4.78, 5) is 24.8. The van der Waals surface area contributed by atoms with Crippen LogP contribution in [0.3, 0.4) is 0 Å². The van der Waals surface area contributed by atoms with Crippen molar-refractivity contribution >= 4 is 28.7 Å². The highest BCUT2D eigenvalue weighted by Gasteiger charge is 2.18. The van der Waals surface area contributed by atoms with Crippen LogP contribution in [0.5, 0.6) is 0 Å². The van der Waals surface area contributed by atoms with Gasteiger partial charge >= 0.3 is 0 Å². The molecule has 27 heavy (non-hydrogen) atoms. The van der Waals surface area contributed by atoms with Crippen molar-refractivity contribution in [3.8, 4) is 0 Å². The highest BCUT2D eigenvalue weighted by Crippen LogP contribution is 2.28. The molecule has 0 aliphatic carbocycles. The van der Waals surface area contributed by atoms with Crippen molar-refractivity contribution in [2.45, 2.75) is 0 Å². The zero-order chi connectivity index (χ0) is 19.4. The number of nitro groups is 1. The summed E-state index contributed by atoms with van der Waals surface area (Å²) in [6.45, 7) is 0. The minimum Gasteiger partial charge on any atom is -0.344 e. The van der Waals surface area contributed by atoms with Gasteiger partial charge in [-0.25, -0.2) is 4.39 Å². The minimum absolute atomic E-state index is 0.244. The van der Waals surface area contributed by atoms with Crippen molar-refractivity contribution in [1.82, 2.24) is 0 Å². The zero-order valence-electron chi connectivity index (χ0n) is 14.4. The number of nitrogens with zero attached hydrogens (tertiary/aromatic N) is 2. The molecule has 1 amide bonds. The standard InChI is InChI=1S/C20H16FN3O3/c1-23(14-7-3-2-4-8-14)19-10-6-5-9-16(19)20(25)22-18-13-15(24(26)27)11-12-17(18)21/h2-13H,1H3,(H,22,25). The Labute approximate surface area is 155 Å².